The lowest BCUT2D eigenvalue weighted by molar-refractivity contribution is -0.275. The molecule has 0 aromatic heterocycles. The fraction of sp³-hybridized carbons (Fsp3) is 0.111. The molecule has 0 N–H and O–H groups in total. The third-order valence-corrected chi connectivity index (χ3v) is 5.27. The van der Waals surface area contributed by atoms with Crippen LogP contribution in [-0.4, -0.2) is 12.7 Å². The molecule has 37 heavy (non-hydrogen) atoms. The van der Waals surface area contributed by atoms with Crippen molar-refractivity contribution in [3.63, 3.8) is 0 Å². The van der Waals surface area contributed by atoms with Gasteiger partial charge in [-0.2, -0.15) is 0 Å². The Morgan fingerprint density at radius 3 is 1.14 bits per heavy atom. The maximum atomic E-state index is 14.7. The minimum Gasteiger partial charge on any atom is -0.406 e. The highest BCUT2D eigenvalue weighted by molar-refractivity contribution is 5.66. The summed E-state index contributed by atoms with van der Waals surface area (Å²) in [6.45, 7) is 0. The van der Waals surface area contributed by atoms with Crippen molar-refractivity contribution >= 4 is 0 Å². The van der Waals surface area contributed by atoms with Gasteiger partial charge in [-0.3, -0.25) is 0 Å². The summed E-state index contributed by atoms with van der Waals surface area (Å²) in [5.41, 5.74) is 2.09. The van der Waals surface area contributed by atoms with E-state index in [2.05, 4.69) is 9.47 Å². The Labute approximate surface area is 205 Å². The van der Waals surface area contributed by atoms with Crippen molar-refractivity contribution in [1.82, 2.24) is 0 Å². The van der Waals surface area contributed by atoms with Crippen molar-refractivity contribution in [3.8, 4) is 33.8 Å². The molecule has 0 aliphatic carbocycles. The summed E-state index contributed by atoms with van der Waals surface area (Å²) in [5.74, 6) is -2.07. The second-order valence-electron chi connectivity index (χ2n) is 7.95. The molecule has 0 radical (unpaired) electrons. The molecule has 0 saturated heterocycles. The summed E-state index contributed by atoms with van der Waals surface area (Å²) in [5, 5.41) is 0. The van der Waals surface area contributed by atoms with E-state index < -0.39 is 35.9 Å². The molecule has 0 saturated carbocycles. The van der Waals surface area contributed by atoms with Crippen molar-refractivity contribution in [2.45, 2.75) is 19.1 Å². The zero-order valence-electron chi connectivity index (χ0n) is 18.6. The summed E-state index contributed by atoms with van der Waals surface area (Å²) in [4.78, 5) is 0. The van der Waals surface area contributed by atoms with E-state index in [1.165, 1.54) is 48.5 Å². The van der Waals surface area contributed by atoms with Crippen molar-refractivity contribution in [2.75, 3.05) is 0 Å². The lowest BCUT2D eigenvalue weighted by Crippen LogP contribution is -2.16. The molecule has 4 rings (SSSR count). The second-order valence-corrected chi connectivity index (χ2v) is 7.95. The first-order valence-electron chi connectivity index (χ1n) is 10.7. The molecule has 0 aliphatic rings. The van der Waals surface area contributed by atoms with Gasteiger partial charge in [-0.05, 0) is 65.1 Å². The zero-order chi connectivity index (χ0) is 26.8. The molecule has 10 heteroatoms. The van der Waals surface area contributed by atoms with Crippen molar-refractivity contribution in [2.24, 2.45) is 0 Å². The third-order valence-electron chi connectivity index (χ3n) is 5.27. The van der Waals surface area contributed by atoms with E-state index in [1.54, 1.807) is 12.1 Å². The van der Waals surface area contributed by atoms with Crippen LogP contribution in [0.5, 0.6) is 11.5 Å². The molecular formula is C27H16F8O2. The summed E-state index contributed by atoms with van der Waals surface area (Å²) >= 11 is 0. The van der Waals surface area contributed by atoms with Crippen LogP contribution in [-0.2, 0) is 6.42 Å². The van der Waals surface area contributed by atoms with Crippen LogP contribution in [0.1, 0.15) is 11.1 Å². The van der Waals surface area contributed by atoms with Crippen molar-refractivity contribution < 1.29 is 44.6 Å². The number of ether oxygens (including phenoxy) is 2. The minimum atomic E-state index is -4.83. The predicted octanol–water partition coefficient (Wildman–Crippen LogP) is 8.69. The number of alkyl halides is 6. The normalized spacial score (nSPS) is 11.9. The van der Waals surface area contributed by atoms with Gasteiger partial charge < -0.3 is 9.47 Å². The van der Waals surface area contributed by atoms with Crippen LogP contribution in [0.3, 0.4) is 0 Å². The summed E-state index contributed by atoms with van der Waals surface area (Å²) in [6, 6.07) is 18.2. The number of hydrogen-bond donors (Lipinski definition) is 0. The highest BCUT2D eigenvalue weighted by atomic mass is 19.4. The lowest BCUT2D eigenvalue weighted by atomic mass is 9.97. The van der Waals surface area contributed by atoms with Crippen LogP contribution in [0.2, 0.25) is 0 Å². The first-order chi connectivity index (χ1) is 17.4. The minimum absolute atomic E-state index is 0.168. The topological polar surface area (TPSA) is 18.5 Å². The molecule has 0 spiro atoms. The molecule has 0 bridgehead atoms. The summed E-state index contributed by atoms with van der Waals surface area (Å²) in [7, 11) is 0. The molecule has 0 amide bonds. The van der Waals surface area contributed by atoms with Crippen LogP contribution in [0.15, 0.2) is 84.9 Å². The zero-order valence-corrected chi connectivity index (χ0v) is 18.6. The van der Waals surface area contributed by atoms with Gasteiger partial charge in [0.25, 0.3) is 0 Å². The Morgan fingerprint density at radius 2 is 0.838 bits per heavy atom. The summed E-state index contributed by atoms with van der Waals surface area (Å²) in [6.07, 6.45) is -9.48. The van der Waals surface area contributed by atoms with Crippen LogP contribution >= 0.6 is 0 Å². The van der Waals surface area contributed by atoms with Gasteiger partial charge in [-0.1, -0.05) is 48.5 Å². The molecule has 0 aliphatic heterocycles. The number of halogens is 8. The highest BCUT2D eigenvalue weighted by Crippen LogP contribution is 2.31. The lowest BCUT2D eigenvalue weighted by Gasteiger charge is -2.11. The van der Waals surface area contributed by atoms with Crippen LogP contribution in [0.25, 0.3) is 22.3 Å². The molecular weight excluding hydrogens is 508 g/mol. The molecule has 0 heterocycles. The van der Waals surface area contributed by atoms with Gasteiger partial charge in [0.2, 0.25) is 0 Å². The predicted molar refractivity (Wildman–Crippen MR) is 120 cm³/mol. The van der Waals surface area contributed by atoms with E-state index in [4.69, 9.17) is 0 Å². The van der Waals surface area contributed by atoms with Gasteiger partial charge in [-0.15, -0.1) is 26.3 Å². The van der Waals surface area contributed by atoms with Crippen molar-refractivity contribution in [3.05, 3.63) is 108 Å². The molecule has 0 fully saturated rings. The van der Waals surface area contributed by atoms with Gasteiger partial charge in [0.15, 0.2) is 0 Å². The van der Waals surface area contributed by atoms with E-state index in [1.807, 2.05) is 0 Å². The van der Waals surface area contributed by atoms with Gasteiger partial charge in [0.1, 0.15) is 23.1 Å². The first kappa shape index (κ1) is 26.0. The largest absolute Gasteiger partial charge is 0.573 e. The Kier molecular flexibility index (Phi) is 7.11. The number of hydrogen-bond acceptors (Lipinski definition) is 2. The molecule has 4 aromatic rings. The molecule has 4 aromatic carbocycles. The highest BCUT2D eigenvalue weighted by Gasteiger charge is 2.31. The fourth-order valence-electron chi connectivity index (χ4n) is 3.71. The molecule has 0 atom stereocenters. The average Bonchev–Trinajstić information content (AvgIpc) is 2.79. The van der Waals surface area contributed by atoms with E-state index >= 15 is 0 Å². The van der Waals surface area contributed by atoms with Crippen molar-refractivity contribution in [1.29, 1.82) is 0 Å². The third kappa shape index (κ3) is 6.99. The quantitative estimate of drug-likeness (QED) is 0.235. The Bertz CT molecular complexity index is 1270. The standard InChI is InChI=1S/C27H16F8O2/c28-24-14-16(1-11-22(24)18-3-7-20(8-4-18)36-26(30,31)32)13-17-2-12-23(25(29)15-17)19-5-9-21(10-6-19)37-27(33,34)35/h1-12,14-15H,13H2. The monoisotopic (exact) mass is 524 g/mol. The van der Waals surface area contributed by atoms with Gasteiger partial charge in [0, 0.05) is 11.1 Å². The van der Waals surface area contributed by atoms with E-state index in [0.717, 1.165) is 24.3 Å². The molecule has 192 valence electrons. The van der Waals surface area contributed by atoms with Crippen LogP contribution in [0.4, 0.5) is 35.1 Å². The van der Waals surface area contributed by atoms with Gasteiger partial charge >= 0.3 is 12.7 Å². The molecule has 0 unspecified atom stereocenters. The Hall–Kier alpha value is -4.08. The van der Waals surface area contributed by atoms with E-state index in [9.17, 15) is 35.1 Å². The summed E-state index contributed by atoms with van der Waals surface area (Å²) < 4.78 is 111. The van der Waals surface area contributed by atoms with Gasteiger partial charge in [0.05, 0.1) is 0 Å². The van der Waals surface area contributed by atoms with E-state index in [-0.39, 0.29) is 17.5 Å². The average molecular weight is 524 g/mol. The maximum Gasteiger partial charge on any atom is 0.573 e. The fourth-order valence-corrected chi connectivity index (χ4v) is 3.71. The van der Waals surface area contributed by atoms with Crippen LogP contribution in [0, 0.1) is 11.6 Å². The smallest absolute Gasteiger partial charge is 0.406 e. The molecule has 2 nitrogen and oxygen atoms in total. The number of rotatable bonds is 6. The maximum absolute atomic E-state index is 14.7. The van der Waals surface area contributed by atoms with Crippen LogP contribution < -0.4 is 9.47 Å². The number of benzene rings is 4. The van der Waals surface area contributed by atoms with Gasteiger partial charge in [-0.25, -0.2) is 8.78 Å². The SMILES string of the molecule is Fc1cc(Cc2ccc(-c3ccc(OC(F)(F)F)cc3)c(F)c2)ccc1-c1ccc(OC(F)(F)F)cc1. The second kappa shape index (κ2) is 10.1. The Balaban J connectivity index is 1.47. The first-order valence-corrected chi connectivity index (χ1v) is 10.7. The Morgan fingerprint density at radius 1 is 0.486 bits per heavy atom. The van der Waals surface area contributed by atoms with E-state index in [0.29, 0.717) is 22.3 Å².